The van der Waals surface area contributed by atoms with Gasteiger partial charge in [-0.3, -0.25) is 4.79 Å². The molecule has 0 aromatic heterocycles. The number of carbonyl (C=O) groups excluding carboxylic acids is 1. The van der Waals surface area contributed by atoms with E-state index in [4.69, 9.17) is 4.74 Å². The van der Waals surface area contributed by atoms with Gasteiger partial charge in [0.1, 0.15) is 5.75 Å². The van der Waals surface area contributed by atoms with Gasteiger partial charge in [0.05, 0.1) is 7.11 Å². The van der Waals surface area contributed by atoms with Crippen LogP contribution in [0.2, 0.25) is 0 Å². The molecular weight excluding hydrogens is 224 g/mol. The summed E-state index contributed by atoms with van der Waals surface area (Å²) in [6, 6.07) is 13.8. The number of fused-ring (bicyclic) bond motifs is 2. The van der Waals surface area contributed by atoms with Crippen molar-refractivity contribution in [1.29, 1.82) is 0 Å². The molecule has 0 atom stereocenters. The van der Waals surface area contributed by atoms with Crippen molar-refractivity contribution in [1.82, 2.24) is 0 Å². The van der Waals surface area contributed by atoms with Crippen LogP contribution in [0.4, 0.5) is 0 Å². The number of carbonyl (C=O) groups is 1. The topological polar surface area (TPSA) is 26.3 Å². The van der Waals surface area contributed by atoms with Gasteiger partial charge in [-0.2, -0.15) is 0 Å². The highest BCUT2D eigenvalue weighted by atomic mass is 16.5. The van der Waals surface area contributed by atoms with Crippen LogP contribution in [0.25, 0.3) is 0 Å². The lowest BCUT2D eigenvalue weighted by molar-refractivity contribution is 0.0992. The first kappa shape index (κ1) is 11.0. The van der Waals surface area contributed by atoms with Gasteiger partial charge in [0.2, 0.25) is 0 Å². The Hall–Kier alpha value is -2.09. The number of ketones is 1. The SMILES string of the molecule is COc1cccc2c1CC(=O)c1ccccc1C2. The molecule has 3 rings (SSSR count). The minimum absolute atomic E-state index is 0.175. The van der Waals surface area contributed by atoms with Crippen LogP contribution >= 0.6 is 0 Å². The van der Waals surface area contributed by atoms with Crippen molar-refractivity contribution >= 4 is 5.78 Å². The number of hydrogen-bond donors (Lipinski definition) is 0. The van der Waals surface area contributed by atoms with Crippen molar-refractivity contribution in [3.05, 3.63) is 64.7 Å². The highest BCUT2D eigenvalue weighted by Crippen LogP contribution is 2.30. The van der Waals surface area contributed by atoms with Gasteiger partial charge < -0.3 is 4.74 Å². The second kappa shape index (κ2) is 4.30. The molecule has 90 valence electrons. The second-order valence-electron chi connectivity index (χ2n) is 4.53. The number of hydrogen-bond acceptors (Lipinski definition) is 2. The van der Waals surface area contributed by atoms with Crippen molar-refractivity contribution < 1.29 is 9.53 Å². The van der Waals surface area contributed by atoms with Crippen LogP contribution in [-0.4, -0.2) is 12.9 Å². The summed E-state index contributed by atoms with van der Waals surface area (Å²) in [7, 11) is 1.65. The predicted octanol–water partition coefficient (Wildman–Crippen LogP) is 3.02. The minimum Gasteiger partial charge on any atom is -0.496 e. The van der Waals surface area contributed by atoms with Gasteiger partial charge in [0.15, 0.2) is 5.78 Å². The molecule has 1 aliphatic rings. The Labute approximate surface area is 106 Å². The van der Waals surface area contributed by atoms with Crippen LogP contribution in [0.3, 0.4) is 0 Å². The van der Waals surface area contributed by atoms with E-state index in [1.165, 1.54) is 5.56 Å². The molecule has 1 aliphatic carbocycles. The molecule has 0 saturated carbocycles. The molecule has 0 aliphatic heterocycles. The van der Waals surface area contributed by atoms with E-state index in [0.29, 0.717) is 6.42 Å². The van der Waals surface area contributed by atoms with Crippen molar-refractivity contribution in [2.24, 2.45) is 0 Å². The molecule has 0 N–H and O–H groups in total. The van der Waals surface area contributed by atoms with Gasteiger partial charge in [-0.15, -0.1) is 0 Å². The van der Waals surface area contributed by atoms with E-state index >= 15 is 0 Å². The lowest BCUT2D eigenvalue weighted by Crippen LogP contribution is -2.04. The first-order valence-corrected chi connectivity index (χ1v) is 6.05. The van der Waals surface area contributed by atoms with Crippen LogP contribution < -0.4 is 4.74 Å². The zero-order valence-electron chi connectivity index (χ0n) is 10.3. The smallest absolute Gasteiger partial charge is 0.167 e. The number of rotatable bonds is 1. The van der Waals surface area contributed by atoms with E-state index in [1.54, 1.807) is 7.11 Å². The normalized spacial score (nSPS) is 13.5. The molecule has 0 fully saturated rings. The Bertz CT molecular complexity index is 614. The summed E-state index contributed by atoms with van der Waals surface area (Å²) < 4.78 is 5.36. The fourth-order valence-corrected chi connectivity index (χ4v) is 2.58. The quantitative estimate of drug-likeness (QED) is 0.763. The van der Waals surface area contributed by atoms with Crippen LogP contribution in [0, 0.1) is 0 Å². The third-order valence-corrected chi connectivity index (χ3v) is 3.49. The van der Waals surface area contributed by atoms with E-state index < -0.39 is 0 Å². The van der Waals surface area contributed by atoms with E-state index in [9.17, 15) is 4.79 Å². The summed E-state index contributed by atoms with van der Waals surface area (Å²) in [5.41, 5.74) is 4.17. The van der Waals surface area contributed by atoms with Crippen LogP contribution in [0.1, 0.15) is 27.0 Å². The van der Waals surface area contributed by atoms with E-state index in [2.05, 4.69) is 6.07 Å². The Morgan fingerprint density at radius 2 is 1.72 bits per heavy atom. The summed E-state index contributed by atoms with van der Waals surface area (Å²) in [5.74, 6) is 0.988. The summed E-state index contributed by atoms with van der Waals surface area (Å²) in [5, 5.41) is 0. The zero-order valence-corrected chi connectivity index (χ0v) is 10.3. The average molecular weight is 238 g/mol. The fourth-order valence-electron chi connectivity index (χ4n) is 2.58. The zero-order chi connectivity index (χ0) is 12.5. The summed E-state index contributed by atoms with van der Waals surface area (Å²) in [4.78, 5) is 12.3. The molecule has 0 heterocycles. The first-order chi connectivity index (χ1) is 8.79. The number of methoxy groups -OCH3 is 1. The van der Waals surface area contributed by atoms with Crippen LogP contribution in [-0.2, 0) is 12.8 Å². The monoisotopic (exact) mass is 238 g/mol. The third-order valence-electron chi connectivity index (χ3n) is 3.49. The molecule has 0 bridgehead atoms. The second-order valence-corrected chi connectivity index (χ2v) is 4.53. The van der Waals surface area contributed by atoms with Gasteiger partial charge in [-0.1, -0.05) is 36.4 Å². The molecule has 0 amide bonds. The molecule has 2 nitrogen and oxygen atoms in total. The Morgan fingerprint density at radius 1 is 0.944 bits per heavy atom. The summed E-state index contributed by atoms with van der Waals surface area (Å²) in [6.45, 7) is 0. The van der Waals surface area contributed by atoms with Gasteiger partial charge in [-0.25, -0.2) is 0 Å². The maximum atomic E-state index is 12.3. The van der Waals surface area contributed by atoms with E-state index in [-0.39, 0.29) is 5.78 Å². The number of benzene rings is 2. The van der Waals surface area contributed by atoms with Gasteiger partial charge in [-0.05, 0) is 23.6 Å². The average Bonchev–Trinajstić information content (AvgIpc) is 2.54. The minimum atomic E-state index is 0.175. The fraction of sp³-hybridized carbons (Fsp3) is 0.188. The summed E-state index contributed by atoms with van der Waals surface area (Å²) in [6.07, 6.45) is 1.23. The Morgan fingerprint density at radius 3 is 2.56 bits per heavy atom. The molecule has 2 heteroatoms. The van der Waals surface area contributed by atoms with Gasteiger partial charge >= 0.3 is 0 Å². The number of Topliss-reactive ketones (excluding diaryl/α,β-unsaturated/α-hetero) is 1. The Kier molecular flexibility index (Phi) is 2.63. The molecule has 18 heavy (non-hydrogen) atoms. The van der Waals surface area contributed by atoms with Crippen LogP contribution in [0.5, 0.6) is 5.75 Å². The van der Waals surface area contributed by atoms with Crippen molar-refractivity contribution in [3.63, 3.8) is 0 Å². The predicted molar refractivity (Wildman–Crippen MR) is 70.3 cm³/mol. The molecule has 2 aromatic carbocycles. The lowest BCUT2D eigenvalue weighted by atomic mass is 10.00. The highest BCUT2D eigenvalue weighted by Gasteiger charge is 2.21. The lowest BCUT2D eigenvalue weighted by Gasteiger charge is -2.10. The molecule has 0 unspecified atom stereocenters. The van der Waals surface area contributed by atoms with Crippen molar-refractivity contribution in [2.45, 2.75) is 12.8 Å². The standard InChI is InChI=1S/C16H14O2/c1-18-16-8-4-6-12-9-11-5-2-3-7-13(11)15(17)10-14(12)16/h2-8H,9-10H2,1H3. The van der Waals surface area contributed by atoms with E-state index in [0.717, 1.165) is 28.9 Å². The van der Waals surface area contributed by atoms with Crippen molar-refractivity contribution in [2.75, 3.05) is 7.11 Å². The van der Waals surface area contributed by atoms with E-state index in [1.807, 2.05) is 36.4 Å². The largest absolute Gasteiger partial charge is 0.496 e. The third kappa shape index (κ3) is 1.70. The van der Waals surface area contributed by atoms with Gasteiger partial charge in [0, 0.05) is 17.5 Å². The summed E-state index contributed by atoms with van der Waals surface area (Å²) >= 11 is 0. The van der Waals surface area contributed by atoms with Gasteiger partial charge in [0.25, 0.3) is 0 Å². The molecule has 0 radical (unpaired) electrons. The molecular formula is C16H14O2. The van der Waals surface area contributed by atoms with Crippen LogP contribution in [0.15, 0.2) is 42.5 Å². The first-order valence-electron chi connectivity index (χ1n) is 6.05. The molecule has 2 aromatic rings. The maximum absolute atomic E-state index is 12.3. The molecule has 0 spiro atoms. The highest BCUT2D eigenvalue weighted by molar-refractivity contribution is 6.00. The maximum Gasteiger partial charge on any atom is 0.167 e. The number of ether oxygens (including phenoxy) is 1. The molecule has 0 saturated heterocycles. The Balaban J connectivity index is 2.18. The van der Waals surface area contributed by atoms with Crippen molar-refractivity contribution in [3.8, 4) is 5.75 Å².